The van der Waals surface area contributed by atoms with E-state index in [1.807, 2.05) is 54.6 Å². The number of aromatic amines is 1. The Balaban J connectivity index is 1.82. The zero-order valence-electron chi connectivity index (χ0n) is 14.6. The summed E-state index contributed by atoms with van der Waals surface area (Å²) in [4.78, 5) is 16.0. The molecule has 0 saturated carbocycles. The maximum Gasteiger partial charge on any atom is 0.268 e. The van der Waals surface area contributed by atoms with Gasteiger partial charge in [-0.1, -0.05) is 48.5 Å². The fraction of sp³-hybridized carbons (Fsp3) is 0.250. The number of carbonyl (C=O) groups excluding carboxylic acids is 1. The lowest BCUT2D eigenvalue weighted by Gasteiger charge is -2.13. The molecule has 26 heavy (non-hydrogen) atoms. The third-order valence-corrected chi connectivity index (χ3v) is 4.11. The smallest absolute Gasteiger partial charge is 0.268 e. The Labute approximate surface area is 152 Å². The summed E-state index contributed by atoms with van der Waals surface area (Å²) >= 11 is 0. The first kappa shape index (κ1) is 18.1. The third kappa shape index (κ3) is 4.11. The van der Waals surface area contributed by atoms with Gasteiger partial charge in [0, 0.05) is 35.6 Å². The molecule has 0 spiro atoms. The molecule has 3 aromatic rings. The largest absolute Gasteiger partial charge is 0.378 e. The van der Waals surface area contributed by atoms with Crippen molar-refractivity contribution in [2.45, 2.75) is 6.04 Å². The van der Waals surface area contributed by atoms with Crippen LogP contribution in [0.4, 0.5) is 0 Å². The van der Waals surface area contributed by atoms with Crippen molar-refractivity contribution in [1.82, 2.24) is 10.3 Å². The molecule has 0 aliphatic heterocycles. The van der Waals surface area contributed by atoms with Gasteiger partial charge in [-0.15, -0.1) is 0 Å². The molecular weight excluding hydrogens is 328 g/mol. The molecule has 0 bridgehead atoms. The van der Waals surface area contributed by atoms with Crippen LogP contribution in [0.25, 0.3) is 22.0 Å². The van der Waals surface area contributed by atoms with Crippen LogP contribution in [0.5, 0.6) is 0 Å². The molecule has 0 saturated heterocycles. The Kier molecular flexibility index (Phi) is 6.01. The quantitative estimate of drug-likeness (QED) is 0.464. The Morgan fingerprint density at radius 1 is 1.12 bits per heavy atom. The molecule has 0 unspecified atom stereocenters. The normalized spacial score (nSPS) is 12.2. The van der Waals surface area contributed by atoms with E-state index in [1.54, 1.807) is 0 Å². The standard InChI is InChI=1S/C20H24N4O2/c21-10-11-26-13-15(22)12-23-20(25)19-18(14-6-2-1-3-7-14)16-8-4-5-9-17(16)24-19/h1-9,15,24H,10-13,21-22H2,(H,23,25)/t15-/m1/s1. The second-order valence-electron chi connectivity index (χ2n) is 6.12. The maximum absolute atomic E-state index is 12.8. The zero-order valence-corrected chi connectivity index (χ0v) is 14.6. The number of rotatable bonds is 8. The second kappa shape index (κ2) is 8.62. The number of ether oxygens (including phenoxy) is 1. The number of carbonyl (C=O) groups is 1. The van der Waals surface area contributed by atoms with Crippen LogP contribution in [0, 0.1) is 0 Å². The van der Waals surface area contributed by atoms with E-state index in [4.69, 9.17) is 16.2 Å². The highest BCUT2D eigenvalue weighted by molar-refractivity contribution is 6.09. The summed E-state index contributed by atoms with van der Waals surface area (Å²) in [6.07, 6.45) is 0. The first-order valence-electron chi connectivity index (χ1n) is 8.68. The van der Waals surface area contributed by atoms with E-state index in [1.165, 1.54) is 0 Å². The zero-order chi connectivity index (χ0) is 18.4. The molecule has 0 aliphatic carbocycles. The number of aromatic nitrogens is 1. The van der Waals surface area contributed by atoms with Gasteiger partial charge in [0.2, 0.25) is 0 Å². The van der Waals surface area contributed by atoms with Crippen LogP contribution in [0.1, 0.15) is 10.5 Å². The van der Waals surface area contributed by atoms with E-state index in [-0.39, 0.29) is 11.9 Å². The van der Waals surface area contributed by atoms with Crippen LogP contribution in [0.3, 0.4) is 0 Å². The van der Waals surface area contributed by atoms with Crippen molar-refractivity contribution in [2.24, 2.45) is 11.5 Å². The minimum Gasteiger partial charge on any atom is -0.378 e. The van der Waals surface area contributed by atoms with Crippen LogP contribution < -0.4 is 16.8 Å². The molecule has 136 valence electrons. The molecule has 0 radical (unpaired) electrons. The topological polar surface area (TPSA) is 106 Å². The third-order valence-electron chi connectivity index (χ3n) is 4.11. The van der Waals surface area contributed by atoms with E-state index >= 15 is 0 Å². The summed E-state index contributed by atoms with van der Waals surface area (Å²) < 4.78 is 5.31. The van der Waals surface area contributed by atoms with Gasteiger partial charge < -0.3 is 26.5 Å². The number of fused-ring (bicyclic) bond motifs is 1. The molecule has 1 atom stereocenters. The summed E-state index contributed by atoms with van der Waals surface area (Å²) in [5, 5.41) is 3.90. The van der Waals surface area contributed by atoms with Crippen LogP contribution in [-0.2, 0) is 4.74 Å². The van der Waals surface area contributed by atoms with Crippen molar-refractivity contribution in [3.8, 4) is 11.1 Å². The minimum absolute atomic E-state index is 0.186. The highest BCUT2D eigenvalue weighted by atomic mass is 16.5. The van der Waals surface area contributed by atoms with Crippen molar-refractivity contribution >= 4 is 16.8 Å². The van der Waals surface area contributed by atoms with E-state index < -0.39 is 0 Å². The molecule has 6 N–H and O–H groups in total. The molecular formula is C20H24N4O2. The van der Waals surface area contributed by atoms with E-state index in [0.717, 1.165) is 22.0 Å². The van der Waals surface area contributed by atoms with Gasteiger partial charge in [0.15, 0.2) is 0 Å². The molecule has 0 aliphatic rings. The predicted octanol–water partition coefficient (Wildman–Crippen LogP) is 1.87. The number of para-hydroxylation sites is 1. The first-order valence-corrected chi connectivity index (χ1v) is 8.68. The summed E-state index contributed by atoms with van der Waals surface area (Å²) in [5.41, 5.74) is 14.7. The SMILES string of the molecule is NCCOC[C@H](N)CNC(=O)c1[nH]c2ccccc2c1-c1ccccc1. The Morgan fingerprint density at radius 2 is 1.85 bits per heavy atom. The molecule has 6 heteroatoms. The molecule has 2 aromatic carbocycles. The monoisotopic (exact) mass is 352 g/mol. The van der Waals surface area contributed by atoms with Crippen LogP contribution in [-0.4, -0.2) is 43.2 Å². The van der Waals surface area contributed by atoms with Crippen molar-refractivity contribution < 1.29 is 9.53 Å². The van der Waals surface area contributed by atoms with Gasteiger partial charge in [-0.25, -0.2) is 0 Å². The number of nitrogens with one attached hydrogen (secondary N) is 2. The number of H-pyrrole nitrogens is 1. The van der Waals surface area contributed by atoms with Gasteiger partial charge in [0.05, 0.1) is 13.2 Å². The summed E-state index contributed by atoms with van der Waals surface area (Å²) in [7, 11) is 0. The lowest BCUT2D eigenvalue weighted by Crippen LogP contribution is -2.40. The number of amides is 1. The van der Waals surface area contributed by atoms with Crippen molar-refractivity contribution in [3.05, 3.63) is 60.3 Å². The Hall–Kier alpha value is -2.67. The molecule has 1 aromatic heterocycles. The Morgan fingerprint density at radius 3 is 2.62 bits per heavy atom. The van der Waals surface area contributed by atoms with E-state index in [9.17, 15) is 4.79 Å². The molecule has 3 rings (SSSR count). The van der Waals surface area contributed by atoms with Gasteiger partial charge in [-0.05, 0) is 11.6 Å². The average Bonchev–Trinajstić information content (AvgIpc) is 3.06. The second-order valence-corrected chi connectivity index (χ2v) is 6.12. The van der Waals surface area contributed by atoms with Crippen molar-refractivity contribution in [2.75, 3.05) is 26.3 Å². The van der Waals surface area contributed by atoms with Gasteiger partial charge >= 0.3 is 0 Å². The number of nitrogens with two attached hydrogens (primary N) is 2. The van der Waals surface area contributed by atoms with Crippen LogP contribution in [0.2, 0.25) is 0 Å². The fourth-order valence-electron chi connectivity index (χ4n) is 2.91. The van der Waals surface area contributed by atoms with Gasteiger partial charge in [0.1, 0.15) is 5.69 Å². The van der Waals surface area contributed by atoms with Crippen LogP contribution >= 0.6 is 0 Å². The fourth-order valence-corrected chi connectivity index (χ4v) is 2.91. The lowest BCUT2D eigenvalue weighted by atomic mass is 10.0. The van der Waals surface area contributed by atoms with Gasteiger partial charge in [-0.2, -0.15) is 0 Å². The minimum atomic E-state index is -0.282. The summed E-state index contributed by atoms with van der Waals surface area (Å²) in [6.45, 7) is 1.60. The lowest BCUT2D eigenvalue weighted by molar-refractivity contribution is 0.0929. The first-order chi connectivity index (χ1) is 12.7. The molecule has 6 nitrogen and oxygen atoms in total. The molecule has 1 heterocycles. The number of hydrogen-bond acceptors (Lipinski definition) is 4. The molecule has 1 amide bonds. The van der Waals surface area contributed by atoms with Crippen molar-refractivity contribution in [3.63, 3.8) is 0 Å². The highest BCUT2D eigenvalue weighted by Gasteiger charge is 2.19. The number of benzene rings is 2. The van der Waals surface area contributed by atoms with Gasteiger partial charge in [-0.3, -0.25) is 4.79 Å². The predicted molar refractivity (Wildman–Crippen MR) is 104 cm³/mol. The van der Waals surface area contributed by atoms with Gasteiger partial charge in [0.25, 0.3) is 5.91 Å². The summed E-state index contributed by atoms with van der Waals surface area (Å²) in [5.74, 6) is -0.186. The van der Waals surface area contributed by atoms with Crippen molar-refractivity contribution in [1.29, 1.82) is 0 Å². The highest BCUT2D eigenvalue weighted by Crippen LogP contribution is 2.32. The number of hydrogen-bond donors (Lipinski definition) is 4. The van der Waals surface area contributed by atoms with E-state index in [0.29, 0.717) is 32.0 Å². The Bertz CT molecular complexity index is 861. The average molecular weight is 352 g/mol. The summed E-state index contributed by atoms with van der Waals surface area (Å²) in [6, 6.07) is 17.5. The molecule has 0 fully saturated rings. The maximum atomic E-state index is 12.8. The van der Waals surface area contributed by atoms with E-state index in [2.05, 4.69) is 10.3 Å². The van der Waals surface area contributed by atoms with Crippen LogP contribution in [0.15, 0.2) is 54.6 Å².